The van der Waals surface area contributed by atoms with Crippen LogP contribution in [0.3, 0.4) is 0 Å². The average Bonchev–Trinajstić information content (AvgIpc) is 2.97. The Hall–Kier alpha value is -1.89. The van der Waals surface area contributed by atoms with Gasteiger partial charge in [0.25, 0.3) is 0 Å². The minimum absolute atomic E-state index is 0.00693. The van der Waals surface area contributed by atoms with Crippen LogP contribution in [0, 0.1) is 5.82 Å². The van der Waals surface area contributed by atoms with Crippen molar-refractivity contribution in [2.24, 2.45) is 0 Å². The predicted molar refractivity (Wildman–Crippen MR) is 85.6 cm³/mol. The smallest absolute Gasteiger partial charge is 0.123 e. The number of rotatable bonds is 4. The zero-order valence-corrected chi connectivity index (χ0v) is 13.0. The number of aromatic nitrogens is 1. The summed E-state index contributed by atoms with van der Waals surface area (Å²) in [5.41, 5.74) is 3.55. The maximum atomic E-state index is 13.0. The van der Waals surface area contributed by atoms with Crippen molar-refractivity contribution in [3.63, 3.8) is 0 Å². The monoisotopic (exact) mass is 332 g/mol. The largest absolute Gasteiger partial charge is 0.772 e. The molecule has 0 aliphatic rings. The molecule has 1 atom stereocenters. The fourth-order valence-electron chi connectivity index (χ4n) is 2.17. The van der Waals surface area contributed by atoms with Gasteiger partial charge in [-0.15, -0.1) is 0 Å². The molecule has 1 heterocycles. The molecule has 0 aliphatic carbocycles. The first-order valence-corrected chi connectivity index (χ1v) is 8.51. The highest BCUT2D eigenvalue weighted by Crippen LogP contribution is 2.35. The van der Waals surface area contributed by atoms with Crippen molar-refractivity contribution in [3.05, 3.63) is 66.1 Å². The van der Waals surface area contributed by atoms with Crippen LogP contribution in [0.25, 0.3) is 21.6 Å². The normalized spacial score (nSPS) is 12.3. The van der Waals surface area contributed by atoms with E-state index in [2.05, 4.69) is 4.37 Å². The Morgan fingerprint density at radius 2 is 1.68 bits per heavy atom. The first-order valence-electron chi connectivity index (χ1n) is 6.49. The molecule has 1 aromatic heterocycles. The zero-order chi connectivity index (χ0) is 15.5. The van der Waals surface area contributed by atoms with E-state index < -0.39 is 11.1 Å². The molecule has 0 N–H and O–H groups in total. The van der Waals surface area contributed by atoms with Crippen molar-refractivity contribution in [1.29, 1.82) is 0 Å². The van der Waals surface area contributed by atoms with Gasteiger partial charge in [0, 0.05) is 17.5 Å². The highest BCUT2D eigenvalue weighted by molar-refractivity contribution is 7.78. The van der Waals surface area contributed by atoms with E-state index in [0.29, 0.717) is 0 Å². The van der Waals surface area contributed by atoms with Crippen LogP contribution in [-0.4, -0.2) is 13.1 Å². The second-order valence-corrected chi connectivity index (χ2v) is 6.42. The minimum Gasteiger partial charge on any atom is -0.772 e. The molecule has 0 fully saturated rings. The summed E-state index contributed by atoms with van der Waals surface area (Å²) in [5.74, 6) is -0.266. The molecule has 0 amide bonds. The molecule has 0 saturated carbocycles. The third kappa shape index (κ3) is 3.30. The van der Waals surface area contributed by atoms with Gasteiger partial charge in [-0.2, -0.15) is 4.37 Å². The maximum absolute atomic E-state index is 13.0. The van der Waals surface area contributed by atoms with Gasteiger partial charge in [-0.1, -0.05) is 47.5 Å². The summed E-state index contributed by atoms with van der Waals surface area (Å²) in [4.78, 5) is 0.958. The molecule has 0 bridgehead atoms. The molecule has 112 valence electrons. The van der Waals surface area contributed by atoms with Crippen LogP contribution < -0.4 is 0 Å². The Labute approximate surface area is 133 Å². The highest BCUT2D eigenvalue weighted by atomic mass is 32.2. The molecule has 0 aliphatic heterocycles. The molecular formula is C16H11FNO2S2-. The van der Waals surface area contributed by atoms with Crippen LogP contribution in [0.15, 0.2) is 54.7 Å². The van der Waals surface area contributed by atoms with Crippen molar-refractivity contribution >= 4 is 22.6 Å². The van der Waals surface area contributed by atoms with E-state index in [-0.39, 0.29) is 11.6 Å². The van der Waals surface area contributed by atoms with E-state index in [0.717, 1.165) is 27.1 Å². The summed E-state index contributed by atoms with van der Waals surface area (Å²) in [6.45, 7) is 0. The standard InChI is InChI=1S/C16H12FNO2S2/c17-14-7-5-13(6-8-14)16-15(9-18-21-16)12-3-1-11(2-4-12)10-22(19)20/h1-9H,10H2,(H,19,20)/p-1. The van der Waals surface area contributed by atoms with Crippen LogP contribution >= 0.6 is 11.5 Å². The van der Waals surface area contributed by atoms with Crippen molar-refractivity contribution in [3.8, 4) is 21.6 Å². The lowest BCUT2D eigenvalue weighted by Crippen LogP contribution is -1.92. The number of hydrogen-bond acceptors (Lipinski definition) is 4. The molecule has 0 spiro atoms. The summed E-state index contributed by atoms with van der Waals surface area (Å²) in [5, 5.41) is 0. The van der Waals surface area contributed by atoms with Gasteiger partial charge < -0.3 is 4.55 Å². The Balaban J connectivity index is 1.94. The molecule has 0 saturated heterocycles. The molecule has 1 unspecified atom stereocenters. The summed E-state index contributed by atoms with van der Waals surface area (Å²) in [6.07, 6.45) is 1.77. The van der Waals surface area contributed by atoms with Gasteiger partial charge in [0.2, 0.25) is 0 Å². The SMILES string of the molecule is O=S([O-])Cc1ccc(-c2cnsc2-c2ccc(F)cc2)cc1. The van der Waals surface area contributed by atoms with Gasteiger partial charge in [-0.3, -0.25) is 4.21 Å². The Morgan fingerprint density at radius 3 is 2.32 bits per heavy atom. The lowest BCUT2D eigenvalue weighted by molar-refractivity contribution is 0.536. The fourth-order valence-corrected chi connectivity index (χ4v) is 3.41. The van der Waals surface area contributed by atoms with E-state index in [1.807, 2.05) is 12.1 Å². The van der Waals surface area contributed by atoms with Gasteiger partial charge in [0.15, 0.2) is 0 Å². The van der Waals surface area contributed by atoms with Crippen molar-refractivity contribution < 1.29 is 13.2 Å². The Bertz CT molecular complexity index is 798. The molecule has 3 nitrogen and oxygen atoms in total. The first kappa shape index (κ1) is 15.0. The summed E-state index contributed by atoms with van der Waals surface area (Å²) < 4.78 is 38.7. The van der Waals surface area contributed by atoms with Crippen molar-refractivity contribution in [1.82, 2.24) is 4.37 Å². The van der Waals surface area contributed by atoms with E-state index in [1.165, 1.54) is 23.7 Å². The van der Waals surface area contributed by atoms with Gasteiger partial charge in [-0.25, -0.2) is 4.39 Å². The molecule has 3 rings (SSSR count). The van der Waals surface area contributed by atoms with E-state index in [4.69, 9.17) is 0 Å². The molecule has 0 radical (unpaired) electrons. The van der Waals surface area contributed by atoms with Crippen LogP contribution in [0.4, 0.5) is 4.39 Å². The molecule has 22 heavy (non-hydrogen) atoms. The molecule has 2 aromatic carbocycles. The first-order chi connectivity index (χ1) is 10.6. The molecular weight excluding hydrogens is 321 g/mol. The predicted octanol–water partition coefficient (Wildman–Crippen LogP) is 4.00. The molecule has 6 heteroatoms. The second kappa shape index (κ2) is 6.48. The summed E-state index contributed by atoms with van der Waals surface area (Å²) >= 11 is -0.745. The van der Waals surface area contributed by atoms with Crippen molar-refractivity contribution in [2.75, 3.05) is 0 Å². The van der Waals surface area contributed by atoms with Gasteiger partial charge in [0.05, 0.1) is 4.88 Å². The van der Waals surface area contributed by atoms with Gasteiger partial charge >= 0.3 is 0 Å². The lowest BCUT2D eigenvalue weighted by atomic mass is 10.0. The highest BCUT2D eigenvalue weighted by Gasteiger charge is 2.10. The zero-order valence-electron chi connectivity index (χ0n) is 11.4. The lowest BCUT2D eigenvalue weighted by Gasteiger charge is -2.07. The van der Waals surface area contributed by atoms with Crippen LogP contribution in [0.1, 0.15) is 5.56 Å². The summed E-state index contributed by atoms with van der Waals surface area (Å²) in [7, 11) is 0. The topological polar surface area (TPSA) is 53.0 Å². The fraction of sp³-hybridized carbons (Fsp3) is 0.0625. The maximum Gasteiger partial charge on any atom is 0.123 e. The van der Waals surface area contributed by atoms with Crippen molar-refractivity contribution in [2.45, 2.75) is 5.75 Å². The quantitative estimate of drug-likeness (QED) is 0.679. The number of hydrogen-bond donors (Lipinski definition) is 0. The minimum atomic E-state index is -2.09. The van der Waals surface area contributed by atoms with E-state index in [9.17, 15) is 13.2 Å². The third-order valence-electron chi connectivity index (χ3n) is 3.23. The second-order valence-electron chi connectivity index (χ2n) is 4.72. The van der Waals surface area contributed by atoms with Gasteiger partial charge in [0.1, 0.15) is 5.82 Å². The Morgan fingerprint density at radius 1 is 1.05 bits per heavy atom. The number of benzene rings is 2. The van der Waals surface area contributed by atoms with Crippen LogP contribution in [0.5, 0.6) is 0 Å². The van der Waals surface area contributed by atoms with Gasteiger partial charge in [-0.05, 0) is 40.4 Å². The third-order valence-corrected chi connectivity index (χ3v) is 4.64. The van der Waals surface area contributed by atoms with E-state index >= 15 is 0 Å². The summed E-state index contributed by atoms with van der Waals surface area (Å²) in [6, 6.07) is 13.6. The van der Waals surface area contributed by atoms with Crippen LogP contribution in [-0.2, 0) is 16.8 Å². The number of halogens is 1. The average molecular weight is 332 g/mol. The Kier molecular flexibility index (Phi) is 4.42. The van der Waals surface area contributed by atoms with E-state index in [1.54, 1.807) is 30.5 Å². The van der Waals surface area contributed by atoms with Crippen LogP contribution in [0.2, 0.25) is 0 Å². The number of nitrogens with zero attached hydrogens (tertiary/aromatic N) is 1. The molecule has 3 aromatic rings.